The van der Waals surface area contributed by atoms with Crippen molar-refractivity contribution >= 4 is 0 Å². The smallest absolute Gasteiger partial charge is 0.237 e. The highest BCUT2D eigenvalue weighted by atomic mass is 19.4. The van der Waals surface area contributed by atoms with Crippen molar-refractivity contribution in [2.45, 2.75) is 64.7 Å². The maximum absolute atomic E-state index is 12.0. The van der Waals surface area contributed by atoms with Crippen molar-refractivity contribution < 1.29 is 17.7 Å². The van der Waals surface area contributed by atoms with E-state index in [-0.39, 0.29) is 6.54 Å². The van der Waals surface area contributed by atoms with Gasteiger partial charge in [0, 0.05) is 5.10 Å². The molecule has 0 aliphatic heterocycles. The van der Waals surface area contributed by atoms with Crippen LogP contribution in [0.25, 0.3) is 0 Å². The minimum absolute atomic E-state index is 0.0562. The Morgan fingerprint density at radius 3 is 2.56 bits per heavy atom. The summed E-state index contributed by atoms with van der Waals surface area (Å²) in [6.07, 6.45) is 4.03. The van der Waals surface area contributed by atoms with Crippen molar-refractivity contribution in [2.24, 2.45) is 0 Å². The lowest BCUT2D eigenvalue weighted by atomic mass is 10.1. The van der Waals surface area contributed by atoms with Gasteiger partial charge in [-0.3, -0.25) is 0 Å². The minimum Gasteiger partial charge on any atom is -0.237 e. The molecule has 18 heavy (non-hydrogen) atoms. The summed E-state index contributed by atoms with van der Waals surface area (Å²) in [7, 11) is 0. The maximum Gasteiger partial charge on any atom is 0.392 e. The quantitative estimate of drug-likeness (QED) is 0.522. The summed E-state index contributed by atoms with van der Waals surface area (Å²) in [5.41, 5.74) is 0. The van der Waals surface area contributed by atoms with Crippen LogP contribution < -0.4 is 4.57 Å². The fourth-order valence-electron chi connectivity index (χ4n) is 1.73. The molecule has 0 aliphatic carbocycles. The number of nitrogens with zero attached hydrogens (tertiary/aromatic N) is 3. The van der Waals surface area contributed by atoms with Crippen molar-refractivity contribution in [3.63, 3.8) is 0 Å². The SMILES string of the molecule is CCCCCCCn1c[n+](CCC(F)(F)F)cn1. The lowest BCUT2D eigenvalue weighted by Crippen LogP contribution is -2.33. The Labute approximate surface area is 106 Å². The fourth-order valence-corrected chi connectivity index (χ4v) is 1.73. The Morgan fingerprint density at radius 2 is 1.89 bits per heavy atom. The molecule has 1 heterocycles. The van der Waals surface area contributed by atoms with E-state index in [9.17, 15) is 13.2 Å². The molecule has 1 aromatic rings. The predicted octanol–water partition coefficient (Wildman–Crippen LogP) is 3.09. The first-order valence-corrected chi connectivity index (χ1v) is 6.49. The largest absolute Gasteiger partial charge is 0.392 e. The van der Waals surface area contributed by atoms with Crippen LogP contribution in [0, 0.1) is 0 Å². The van der Waals surface area contributed by atoms with Gasteiger partial charge in [-0.25, -0.2) is 4.57 Å². The summed E-state index contributed by atoms with van der Waals surface area (Å²) in [6.45, 7) is 2.89. The van der Waals surface area contributed by atoms with Crippen LogP contribution in [0.4, 0.5) is 13.2 Å². The number of hydrogen-bond acceptors (Lipinski definition) is 1. The molecule has 0 atom stereocenters. The first kappa shape index (κ1) is 15.0. The van der Waals surface area contributed by atoms with E-state index in [0.29, 0.717) is 0 Å². The Kier molecular flexibility index (Phi) is 6.15. The van der Waals surface area contributed by atoms with Gasteiger partial charge in [0.2, 0.25) is 6.33 Å². The summed E-state index contributed by atoms with van der Waals surface area (Å²) in [5.74, 6) is 0. The zero-order valence-corrected chi connectivity index (χ0v) is 10.8. The van der Waals surface area contributed by atoms with Crippen molar-refractivity contribution in [3.8, 4) is 0 Å². The summed E-state index contributed by atoms with van der Waals surface area (Å²) < 4.78 is 39.3. The topological polar surface area (TPSA) is 21.7 Å². The van der Waals surface area contributed by atoms with Crippen LogP contribution in [0.15, 0.2) is 12.7 Å². The van der Waals surface area contributed by atoms with E-state index >= 15 is 0 Å². The molecule has 104 valence electrons. The summed E-state index contributed by atoms with van der Waals surface area (Å²) in [5, 5.41) is 4.05. The molecule has 0 saturated carbocycles. The molecular formula is C12H21F3N3+. The average Bonchev–Trinajstić information content (AvgIpc) is 2.73. The monoisotopic (exact) mass is 264 g/mol. The van der Waals surface area contributed by atoms with Gasteiger partial charge < -0.3 is 0 Å². The molecule has 6 heteroatoms. The van der Waals surface area contributed by atoms with Crippen molar-refractivity contribution in [1.82, 2.24) is 9.78 Å². The Bertz CT molecular complexity index is 334. The first-order valence-electron chi connectivity index (χ1n) is 6.49. The highest BCUT2D eigenvalue weighted by Crippen LogP contribution is 2.18. The number of halogens is 3. The van der Waals surface area contributed by atoms with Gasteiger partial charge in [-0.05, 0) is 6.42 Å². The molecule has 0 spiro atoms. The second-order valence-corrected chi connectivity index (χ2v) is 4.53. The van der Waals surface area contributed by atoms with Crippen LogP contribution in [-0.2, 0) is 13.1 Å². The molecule has 0 aliphatic rings. The van der Waals surface area contributed by atoms with Gasteiger partial charge in [-0.15, -0.1) is 4.68 Å². The number of alkyl halides is 3. The molecular weight excluding hydrogens is 243 g/mol. The van der Waals surface area contributed by atoms with Crippen LogP contribution in [0.5, 0.6) is 0 Å². The number of rotatable bonds is 8. The van der Waals surface area contributed by atoms with Crippen LogP contribution in [0.2, 0.25) is 0 Å². The van der Waals surface area contributed by atoms with Crippen LogP contribution in [0.1, 0.15) is 45.4 Å². The zero-order valence-electron chi connectivity index (χ0n) is 10.8. The van der Waals surface area contributed by atoms with Crippen LogP contribution in [-0.4, -0.2) is 16.0 Å². The molecule has 0 N–H and O–H groups in total. The minimum atomic E-state index is -4.10. The average molecular weight is 264 g/mol. The highest BCUT2D eigenvalue weighted by molar-refractivity contribution is 4.50. The van der Waals surface area contributed by atoms with Crippen LogP contribution in [0.3, 0.4) is 0 Å². The van der Waals surface area contributed by atoms with E-state index < -0.39 is 12.6 Å². The molecule has 0 fully saturated rings. The maximum atomic E-state index is 12.0. The van der Waals surface area contributed by atoms with E-state index in [1.165, 1.54) is 30.2 Å². The van der Waals surface area contributed by atoms with Gasteiger partial charge >= 0.3 is 6.18 Å². The van der Waals surface area contributed by atoms with Gasteiger partial charge in [0.05, 0.1) is 13.0 Å². The summed E-state index contributed by atoms with van der Waals surface area (Å²) in [4.78, 5) is 0. The van der Waals surface area contributed by atoms with Crippen molar-refractivity contribution in [3.05, 3.63) is 12.7 Å². The Morgan fingerprint density at radius 1 is 1.17 bits per heavy atom. The van der Waals surface area contributed by atoms with Gasteiger partial charge in [0.25, 0.3) is 6.33 Å². The van der Waals surface area contributed by atoms with Crippen molar-refractivity contribution in [2.75, 3.05) is 0 Å². The van der Waals surface area contributed by atoms with E-state index in [4.69, 9.17) is 0 Å². The normalized spacial score (nSPS) is 12.0. The second kappa shape index (κ2) is 7.38. The van der Waals surface area contributed by atoms with E-state index in [2.05, 4.69) is 12.0 Å². The molecule has 1 aromatic heterocycles. The number of aryl methyl sites for hydroxylation is 2. The molecule has 3 nitrogen and oxygen atoms in total. The molecule has 0 unspecified atom stereocenters. The van der Waals surface area contributed by atoms with Crippen LogP contribution >= 0.6 is 0 Å². The standard InChI is InChI=1S/C12H21F3N3/c1-2-3-4-5-6-8-18-11-17(10-16-18)9-7-12(13,14)15/h10-11H,2-9H2,1H3/q+1. The van der Waals surface area contributed by atoms with E-state index in [1.54, 1.807) is 11.0 Å². The highest BCUT2D eigenvalue weighted by Gasteiger charge is 2.27. The van der Waals surface area contributed by atoms with Crippen molar-refractivity contribution in [1.29, 1.82) is 0 Å². The van der Waals surface area contributed by atoms with Gasteiger partial charge in [-0.1, -0.05) is 32.6 Å². The summed E-state index contributed by atoms with van der Waals surface area (Å²) >= 11 is 0. The van der Waals surface area contributed by atoms with Gasteiger partial charge in [0.15, 0.2) is 0 Å². The molecule has 0 saturated heterocycles. The third kappa shape index (κ3) is 6.61. The number of aromatic nitrogens is 3. The van der Waals surface area contributed by atoms with E-state index in [1.807, 2.05) is 0 Å². The molecule has 1 rings (SSSR count). The number of unbranched alkanes of at least 4 members (excludes halogenated alkanes) is 4. The van der Waals surface area contributed by atoms with Gasteiger partial charge in [0.1, 0.15) is 6.54 Å². The molecule has 0 aromatic carbocycles. The predicted molar refractivity (Wildman–Crippen MR) is 61.9 cm³/mol. The first-order chi connectivity index (χ1) is 8.51. The fraction of sp³-hybridized carbons (Fsp3) is 0.833. The Balaban J connectivity index is 2.22. The zero-order chi connectivity index (χ0) is 13.4. The molecule has 0 radical (unpaired) electrons. The second-order valence-electron chi connectivity index (χ2n) is 4.53. The van der Waals surface area contributed by atoms with E-state index in [0.717, 1.165) is 19.4 Å². The lowest BCUT2D eigenvalue weighted by molar-refractivity contribution is -0.700. The Hall–Kier alpha value is -1.07. The van der Waals surface area contributed by atoms with Gasteiger partial charge in [-0.2, -0.15) is 13.2 Å². The number of hydrogen-bond donors (Lipinski definition) is 0. The lowest BCUT2D eigenvalue weighted by Gasteiger charge is -2.02. The third-order valence-corrected chi connectivity index (χ3v) is 2.77. The molecule has 0 amide bonds. The molecule has 0 bridgehead atoms. The third-order valence-electron chi connectivity index (χ3n) is 2.77. The summed E-state index contributed by atoms with van der Waals surface area (Å²) in [6, 6.07) is 0.